The second-order valence-electron chi connectivity index (χ2n) is 7.36. The zero-order chi connectivity index (χ0) is 19.9. The van der Waals surface area contributed by atoms with Gasteiger partial charge in [0.25, 0.3) is 10.2 Å². The van der Waals surface area contributed by atoms with Gasteiger partial charge in [-0.15, -0.1) is 11.3 Å². The first kappa shape index (κ1) is 19.8. The van der Waals surface area contributed by atoms with Gasteiger partial charge in [-0.1, -0.05) is 0 Å². The first-order valence-electron chi connectivity index (χ1n) is 9.42. The molecule has 2 fully saturated rings. The van der Waals surface area contributed by atoms with Crippen LogP contribution in [0.25, 0.3) is 4.96 Å². The van der Waals surface area contributed by atoms with Gasteiger partial charge in [-0.05, 0) is 13.8 Å². The Labute approximate surface area is 168 Å². The van der Waals surface area contributed by atoms with Crippen LogP contribution in [-0.2, 0) is 26.2 Å². The molecule has 2 saturated heterocycles. The second-order valence-corrected chi connectivity index (χ2v) is 10.2. The minimum Gasteiger partial charge on any atom is -0.373 e. The molecule has 0 bridgehead atoms. The minimum absolute atomic E-state index is 0.0172. The zero-order valence-electron chi connectivity index (χ0n) is 16.0. The molecule has 4 heterocycles. The molecule has 2 aliphatic heterocycles. The lowest BCUT2D eigenvalue weighted by molar-refractivity contribution is -0.131. The number of imidazole rings is 1. The highest BCUT2D eigenvalue weighted by atomic mass is 32.2. The van der Waals surface area contributed by atoms with Crippen molar-refractivity contribution in [1.82, 2.24) is 22.9 Å². The van der Waals surface area contributed by atoms with Crippen molar-refractivity contribution in [3.8, 4) is 0 Å². The van der Waals surface area contributed by atoms with Crippen LogP contribution in [0.15, 0.2) is 17.8 Å². The number of aromatic nitrogens is 2. The molecule has 0 aromatic carbocycles. The van der Waals surface area contributed by atoms with E-state index in [0.717, 1.165) is 10.7 Å². The van der Waals surface area contributed by atoms with Gasteiger partial charge in [0.1, 0.15) is 0 Å². The molecule has 0 spiro atoms. The summed E-state index contributed by atoms with van der Waals surface area (Å²) in [5, 5.41) is 1.95. The van der Waals surface area contributed by atoms with E-state index in [1.807, 2.05) is 36.0 Å². The number of morpholine rings is 1. The molecule has 2 aliphatic rings. The van der Waals surface area contributed by atoms with Crippen LogP contribution in [-0.4, -0.2) is 88.7 Å². The number of thiazole rings is 1. The molecule has 9 nitrogen and oxygen atoms in total. The third kappa shape index (κ3) is 3.94. The lowest BCUT2D eigenvalue weighted by atomic mass is 10.2. The van der Waals surface area contributed by atoms with Crippen molar-refractivity contribution in [2.24, 2.45) is 0 Å². The molecule has 154 valence electrons. The van der Waals surface area contributed by atoms with Crippen LogP contribution in [0.5, 0.6) is 0 Å². The van der Waals surface area contributed by atoms with E-state index in [2.05, 4.69) is 4.98 Å². The standard InChI is InChI=1S/C17H25N5O4S2/c1-13-10-22(11-14(2)26-13)28(24,25)21-5-3-19(4-6-21)16(23)9-15-12-20-7-8-27-17(20)18-15/h7-8,12-14H,3-6,9-11H2,1-2H3. The average molecular weight is 428 g/mol. The number of carbonyl (C=O) groups is 1. The molecule has 2 aromatic rings. The number of amides is 1. The number of hydrogen-bond acceptors (Lipinski definition) is 6. The maximum absolute atomic E-state index is 13.0. The Bertz CT molecular complexity index is 909. The molecule has 0 radical (unpaired) electrons. The number of piperazine rings is 1. The SMILES string of the molecule is CC1CN(S(=O)(=O)N2CCN(C(=O)Cc3cn4ccsc4n3)CC2)CC(C)O1. The molecular weight excluding hydrogens is 402 g/mol. The summed E-state index contributed by atoms with van der Waals surface area (Å²) in [4.78, 5) is 19.6. The van der Waals surface area contributed by atoms with Gasteiger partial charge in [-0.25, -0.2) is 4.98 Å². The summed E-state index contributed by atoms with van der Waals surface area (Å²) in [5.74, 6) is -0.0172. The van der Waals surface area contributed by atoms with E-state index in [1.54, 1.807) is 4.90 Å². The van der Waals surface area contributed by atoms with E-state index >= 15 is 0 Å². The Morgan fingerprint density at radius 1 is 1.18 bits per heavy atom. The van der Waals surface area contributed by atoms with E-state index in [4.69, 9.17) is 4.74 Å². The summed E-state index contributed by atoms with van der Waals surface area (Å²) in [6.45, 7) is 5.92. The summed E-state index contributed by atoms with van der Waals surface area (Å²) in [6, 6.07) is 0. The molecule has 11 heteroatoms. The summed E-state index contributed by atoms with van der Waals surface area (Å²) < 4.78 is 36.4. The van der Waals surface area contributed by atoms with Gasteiger partial charge in [0, 0.05) is 57.0 Å². The van der Waals surface area contributed by atoms with E-state index in [1.165, 1.54) is 19.9 Å². The maximum atomic E-state index is 13.0. The van der Waals surface area contributed by atoms with Gasteiger partial charge in [-0.3, -0.25) is 9.20 Å². The monoisotopic (exact) mass is 427 g/mol. The first-order chi connectivity index (χ1) is 13.3. The molecule has 2 atom stereocenters. The van der Waals surface area contributed by atoms with Gasteiger partial charge < -0.3 is 9.64 Å². The Morgan fingerprint density at radius 3 is 2.50 bits per heavy atom. The van der Waals surface area contributed by atoms with E-state index in [-0.39, 0.29) is 24.5 Å². The van der Waals surface area contributed by atoms with Gasteiger partial charge >= 0.3 is 0 Å². The lowest BCUT2D eigenvalue weighted by Gasteiger charge is -2.40. The predicted octanol–water partition coefficient (Wildman–Crippen LogP) is 0.437. The number of ether oxygens (including phenoxy) is 1. The van der Waals surface area contributed by atoms with Crippen molar-refractivity contribution in [2.75, 3.05) is 39.3 Å². The Balaban J connectivity index is 1.34. The van der Waals surface area contributed by atoms with E-state index in [0.29, 0.717) is 39.3 Å². The molecule has 2 unspecified atom stereocenters. The van der Waals surface area contributed by atoms with Gasteiger partial charge in [0.15, 0.2) is 4.96 Å². The summed E-state index contributed by atoms with van der Waals surface area (Å²) in [7, 11) is -3.53. The number of fused-ring (bicyclic) bond motifs is 1. The highest BCUT2D eigenvalue weighted by molar-refractivity contribution is 7.86. The predicted molar refractivity (Wildman–Crippen MR) is 105 cm³/mol. The fraction of sp³-hybridized carbons (Fsp3) is 0.647. The summed E-state index contributed by atoms with van der Waals surface area (Å²) in [6.07, 6.45) is 3.78. The van der Waals surface area contributed by atoms with Crippen LogP contribution in [0.4, 0.5) is 0 Å². The number of carbonyl (C=O) groups excluding carboxylic acids is 1. The lowest BCUT2D eigenvalue weighted by Crippen LogP contribution is -2.57. The van der Waals surface area contributed by atoms with Crippen LogP contribution >= 0.6 is 11.3 Å². The van der Waals surface area contributed by atoms with Crippen molar-refractivity contribution in [1.29, 1.82) is 0 Å². The topological polar surface area (TPSA) is 87.5 Å². The van der Waals surface area contributed by atoms with E-state index in [9.17, 15) is 13.2 Å². The number of rotatable bonds is 4. The van der Waals surface area contributed by atoms with Crippen LogP contribution in [0, 0.1) is 0 Å². The molecule has 4 rings (SSSR count). The van der Waals surface area contributed by atoms with Gasteiger partial charge in [0.2, 0.25) is 5.91 Å². The van der Waals surface area contributed by atoms with Crippen molar-refractivity contribution in [3.63, 3.8) is 0 Å². The Hall–Kier alpha value is -1.53. The fourth-order valence-corrected chi connectivity index (χ4v) is 6.25. The number of hydrogen-bond donors (Lipinski definition) is 0. The van der Waals surface area contributed by atoms with Crippen LogP contribution < -0.4 is 0 Å². The zero-order valence-corrected chi connectivity index (χ0v) is 17.7. The normalized spacial score (nSPS) is 25.4. The molecule has 0 N–H and O–H groups in total. The van der Waals surface area contributed by atoms with Crippen LogP contribution in [0.3, 0.4) is 0 Å². The smallest absolute Gasteiger partial charge is 0.282 e. The van der Waals surface area contributed by atoms with Crippen LogP contribution in [0.1, 0.15) is 19.5 Å². The first-order valence-corrected chi connectivity index (χ1v) is 11.7. The molecule has 28 heavy (non-hydrogen) atoms. The highest BCUT2D eigenvalue weighted by Gasteiger charge is 2.37. The van der Waals surface area contributed by atoms with Crippen LogP contribution in [0.2, 0.25) is 0 Å². The van der Waals surface area contributed by atoms with Crippen molar-refractivity contribution in [2.45, 2.75) is 32.5 Å². The average Bonchev–Trinajstić information content (AvgIpc) is 3.22. The van der Waals surface area contributed by atoms with Gasteiger partial charge in [-0.2, -0.15) is 17.0 Å². The molecule has 1 amide bonds. The molecule has 0 saturated carbocycles. The molecule has 2 aromatic heterocycles. The maximum Gasteiger partial charge on any atom is 0.282 e. The second kappa shape index (κ2) is 7.71. The van der Waals surface area contributed by atoms with Crippen molar-refractivity contribution < 1.29 is 17.9 Å². The number of nitrogens with zero attached hydrogens (tertiary/aromatic N) is 5. The van der Waals surface area contributed by atoms with E-state index < -0.39 is 10.2 Å². The molecular formula is C17H25N5O4S2. The quantitative estimate of drug-likeness (QED) is 0.707. The largest absolute Gasteiger partial charge is 0.373 e. The van der Waals surface area contributed by atoms with Crippen molar-refractivity contribution >= 4 is 32.4 Å². The van der Waals surface area contributed by atoms with Gasteiger partial charge in [0.05, 0.1) is 24.3 Å². The summed E-state index contributed by atoms with van der Waals surface area (Å²) in [5.41, 5.74) is 0.739. The minimum atomic E-state index is -3.53. The third-order valence-electron chi connectivity index (χ3n) is 5.11. The third-order valence-corrected chi connectivity index (χ3v) is 7.84. The molecule has 0 aliphatic carbocycles. The van der Waals surface area contributed by atoms with Crippen molar-refractivity contribution in [3.05, 3.63) is 23.5 Å². The Morgan fingerprint density at radius 2 is 1.86 bits per heavy atom. The summed E-state index contributed by atoms with van der Waals surface area (Å²) >= 11 is 1.53. The fourth-order valence-electron chi connectivity index (χ4n) is 3.78. The Kier molecular flexibility index (Phi) is 5.45. The highest BCUT2D eigenvalue weighted by Crippen LogP contribution is 2.19.